The Morgan fingerprint density at radius 2 is 1.20 bits per heavy atom. The summed E-state index contributed by atoms with van der Waals surface area (Å²) in [6.07, 6.45) is -6.82. The molecule has 1 aromatic rings. The minimum Gasteiger partial charge on any atom is -0.469 e. The molecule has 7 rings (SSSR count). The van der Waals surface area contributed by atoms with Crippen molar-refractivity contribution in [3.05, 3.63) is 44.6 Å². The van der Waals surface area contributed by atoms with Gasteiger partial charge in [0.25, 0.3) is 11.8 Å². The zero-order valence-corrected chi connectivity index (χ0v) is 58.5. The van der Waals surface area contributed by atoms with Crippen molar-refractivity contribution in [3.8, 4) is 11.5 Å². The highest BCUT2D eigenvalue weighted by Gasteiger charge is 2.48. The number of nitrogens with two attached hydrogens (primary N) is 1. The summed E-state index contributed by atoms with van der Waals surface area (Å²) in [4.78, 5) is 225. The first kappa shape index (κ1) is 77.5. The predicted octanol–water partition coefficient (Wildman–Crippen LogP) is -1.96. The molecule has 0 aromatic heterocycles. The molecule has 0 bridgehead atoms. The van der Waals surface area contributed by atoms with Gasteiger partial charge in [0, 0.05) is 45.8 Å². The number of cyclic esters (lactones) is 2. The second-order valence-electron chi connectivity index (χ2n) is 26.3. The molecule has 1 aliphatic carbocycles. The average molecular weight is 1400 g/mol. The molecule has 0 unspecified atom stereocenters. The van der Waals surface area contributed by atoms with Crippen molar-refractivity contribution in [1.29, 1.82) is 0 Å². The number of nitrogens with zero attached hydrogens (tertiary/aromatic N) is 7. The van der Waals surface area contributed by atoms with Crippen molar-refractivity contribution in [1.82, 2.24) is 55.7 Å². The molecule has 4 saturated heterocycles. The fourth-order valence-electron chi connectivity index (χ4n) is 12.9. The number of carbonyl (C=O) groups excluding carboxylic acids is 14. The Morgan fingerprint density at radius 1 is 0.660 bits per heavy atom. The SMILES string of the molecule is COC(=O)CCN1CC(=O)N(C)[C@@H](C(C)C)C(=O)O[C@H](C)[C@H](NC(=O)c2ccc(C)c3oc4c(C)c(=O)c(N)c(C(=O)N[C@H]5C(=O)N(C)[C@@H]([C@@H](C)O)C(=O)N6CCC[C@H]6C(=O)N(CCC(=O)OC)CC(=O)N[C@H](C(C)C)C(=O)O[C@H]5C)c-4nc23)C(=O)N[C@H]([C@H](C)O)C(=O)N2CCC[C@@H]2C1=O. The monoisotopic (exact) mass is 1400 g/mol. The Kier molecular flexibility index (Phi) is 25.1. The molecule has 5 heterocycles. The van der Waals surface area contributed by atoms with Gasteiger partial charge in [0.1, 0.15) is 71.8 Å². The normalized spacial score (nSPS) is 25.2. The number of fused-ring (bicyclic) bond motifs is 4. The van der Waals surface area contributed by atoms with E-state index in [9.17, 15) is 67.7 Å². The number of likely N-dealkylation sites (N-methyl/N-ethyl adjacent to an activating group) is 2. The minimum atomic E-state index is -2.06. The van der Waals surface area contributed by atoms with E-state index in [2.05, 4.69) is 21.3 Å². The number of esters is 4. The van der Waals surface area contributed by atoms with E-state index in [1.165, 1.54) is 53.8 Å². The Morgan fingerprint density at radius 3 is 1.74 bits per heavy atom. The zero-order valence-electron chi connectivity index (χ0n) is 58.5. The maximum absolute atomic E-state index is 15.3. The van der Waals surface area contributed by atoms with Crippen LogP contribution in [0.5, 0.6) is 0 Å². The molecule has 0 radical (unpaired) electrons. The number of hydrogen-bond donors (Lipinski definition) is 7. The second-order valence-corrected chi connectivity index (χ2v) is 26.3. The first-order chi connectivity index (χ1) is 47.0. The van der Waals surface area contributed by atoms with Gasteiger partial charge in [-0.1, -0.05) is 33.8 Å². The van der Waals surface area contributed by atoms with Gasteiger partial charge in [0.15, 0.2) is 11.3 Å². The van der Waals surface area contributed by atoms with Crippen molar-refractivity contribution in [2.45, 2.75) is 181 Å². The largest absolute Gasteiger partial charge is 0.469 e. The van der Waals surface area contributed by atoms with Crippen LogP contribution in [0.1, 0.15) is 126 Å². The number of nitrogens with one attached hydrogen (secondary N) is 4. The number of ether oxygens (including phenoxy) is 4. The van der Waals surface area contributed by atoms with E-state index in [-0.39, 0.29) is 92.7 Å². The van der Waals surface area contributed by atoms with Crippen LogP contribution in [0.15, 0.2) is 21.3 Å². The first-order valence-electron chi connectivity index (χ1n) is 33.0. The number of aliphatic hydroxyl groups excluding tert-OH is 2. The Labute approximate surface area is 575 Å². The van der Waals surface area contributed by atoms with Crippen LogP contribution in [0.4, 0.5) is 5.69 Å². The molecule has 6 aliphatic rings. The van der Waals surface area contributed by atoms with Gasteiger partial charge >= 0.3 is 23.9 Å². The molecule has 546 valence electrons. The number of anilines is 1. The van der Waals surface area contributed by atoms with E-state index < -0.39 is 209 Å². The van der Waals surface area contributed by atoms with Gasteiger partial charge < -0.3 is 90.0 Å². The second kappa shape index (κ2) is 32.4. The van der Waals surface area contributed by atoms with Gasteiger partial charge in [-0.05, 0) is 90.7 Å². The van der Waals surface area contributed by atoms with Crippen LogP contribution in [-0.4, -0.2) is 268 Å². The molecule has 34 heteroatoms. The van der Waals surface area contributed by atoms with Gasteiger partial charge in [-0.25, -0.2) is 14.6 Å². The molecule has 0 saturated carbocycles. The minimum absolute atomic E-state index is 0.0416. The van der Waals surface area contributed by atoms with E-state index in [4.69, 9.17) is 34.1 Å². The molecular weight excluding hydrogens is 1310 g/mol. The zero-order chi connectivity index (χ0) is 74.4. The highest BCUT2D eigenvalue weighted by molar-refractivity contribution is 6.10. The summed E-state index contributed by atoms with van der Waals surface area (Å²) >= 11 is 0. The van der Waals surface area contributed by atoms with Crippen LogP contribution in [0.3, 0.4) is 0 Å². The van der Waals surface area contributed by atoms with Gasteiger partial charge in [-0.2, -0.15) is 0 Å². The number of rotatable bonds is 14. The number of amides is 10. The third-order valence-electron chi connectivity index (χ3n) is 18.5. The van der Waals surface area contributed by atoms with Crippen LogP contribution >= 0.6 is 0 Å². The van der Waals surface area contributed by atoms with Crippen LogP contribution < -0.4 is 32.4 Å². The summed E-state index contributed by atoms with van der Waals surface area (Å²) in [6, 6.07) is -10.4. The number of carbonyl (C=O) groups is 14. The molecule has 4 fully saturated rings. The maximum atomic E-state index is 15.3. The molecule has 12 atom stereocenters. The molecule has 100 heavy (non-hydrogen) atoms. The van der Waals surface area contributed by atoms with Crippen LogP contribution in [0.2, 0.25) is 0 Å². The van der Waals surface area contributed by atoms with E-state index in [1.807, 2.05) is 0 Å². The fourth-order valence-corrected chi connectivity index (χ4v) is 12.9. The van der Waals surface area contributed by atoms with E-state index >= 15 is 14.4 Å². The third kappa shape index (κ3) is 16.5. The Balaban J connectivity index is 1.31. The lowest BCUT2D eigenvalue weighted by Crippen LogP contribution is -2.63. The number of nitrogen functional groups attached to an aromatic ring is 1. The van der Waals surface area contributed by atoms with E-state index in [1.54, 1.807) is 34.6 Å². The summed E-state index contributed by atoms with van der Waals surface area (Å²) < 4.78 is 27.7. The number of benzene rings is 2. The van der Waals surface area contributed by atoms with Crippen molar-refractivity contribution >= 4 is 99.7 Å². The smallest absolute Gasteiger partial charge is 0.329 e. The van der Waals surface area contributed by atoms with Crippen LogP contribution in [0.25, 0.3) is 22.6 Å². The van der Waals surface area contributed by atoms with Gasteiger partial charge in [-0.3, -0.25) is 62.3 Å². The summed E-state index contributed by atoms with van der Waals surface area (Å²) in [5.41, 5.74) is 2.69. The predicted molar refractivity (Wildman–Crippen MR) is 350 cm³/mol. The standard InChI is InChI=1S/C66H90N12O22/c1-29(2)46-65(94)98-36(10)49(62(91)74(12)53(34(8)80)64(93)78-24-16-18-39(78)60(89)75(27-40(81)68-46)25-21-42(83)96-13)72-58(87)44-45(67)54(85)32(6)56-51(44)69-50-37(20-19-31(5)55(50)100-56)57(86)71-48-35(9)99-66(95)52(30(3)4)73(11)41(82)28-76(26-22-43(84)97-14)61(90)38-17-15-23-77(38)63(92)47(33(7)79)70-59(48)88/h19-20,29-30,33-36,38-39,46-49,52-53,79-80H,15-18,21-28,67H2,1-14H3,(H,68,81)(H,70,88)(H,71,86)(H,72,87)/t33-,34+,35+,36-,38+,39-,46+,47+,48-,49+,52-,53-/m0/s1. The van der Waals surface area contributed by atoms with E-state index in [0.717, 1.165) is 50.7 Å². The quantitative estimate of drug-likeness (QED) is 0.0399. The van der Waals surface area contributed by atoms with Crippen molar-refractivity contribution in [2.75, 3.05) is 73.3 Å². The Hall–Kier alpha value is -9.86. The molecule has 0 spiro atoms. The summed E-state index contributed by atoms with van der Waals surface area (Å²) in [5, 5.41) is 32.6. The van der Waals surface area contributed by atoms with Gasteiger partial charge in [0.05, 0.1) is 69.2 Å². The highest BCUT2D eigenvalue weighted by atomic mass is 16.6. The number of aromatic nitrogens is 1. The molecule has 8 N–H and O–H groups in total. The van der Waals surface area contributed by atoms with Crippen LogP contribution in [0, 0.1) is 25.7 Å². The number of aliphatic hydroxyl groups is 2. The van der Waals surface area contributed by atoms with Crippen molar-refractivity contribution in [3.63, 3.8) is 0 Å². The number of methoxy groups -OCH3 is 2. The van der Waals surface area contributed by atoms with Gasteiger partial charge in [-0.15, -0.1) is 0 Å². The third-order valence-corrected chi connectivity index (χ3v) is 18.5. The molecule has 5 aliphatic heterocycles. The lowest BCUT2D eigenvalue weighted by molar-refractivity contribution is -0.163. The lowest BCUT2D eigenvalue weighted by atomic mass is 9.98. The average Bonchev–Trinajstić information content (AvgIpc) is 0.914. The Bertz CT molecular complexity index is 3760. The number of hydrogen-bond acceptors (Lipinski definition) is 24. The molecule has 10 amide bonds. The first-order valence-corrected chi connectivity index (χ1v) is 33.0. The molecule has 34 nitrogen and oxygen atoms in total. The maximum Gasteiger partial charge on any atom is 0.329 e. The number of aryl methyl sites for hydroxylation is 1. The summed E-state index contributed by atoms with van der Waals surface area (Å²) in [7, 11) is 4.67. The highest BCUT2D eigenvalue weighted by Crippen LogP contribution is 2.35. The van der Waals surface area contributed by atoms with Crippen LogP contribution in [-0.2, 0) is 76.5 Å². The summed E-state index contributed by atoms with van der Waals surface area (Å²) in [6.45, 7) is 11.8. The van der Waals surface area contributed by atoms with Crippen molar-refractivity contribution in [2.24, 2.45) is 11.8 Å². The topological polar surface area (TPSA) is 453 Å². The molecular formula is C66H90N12O22. The van der Waals surface area contributed by atoms with Crippen molar-refractivity contribution < 1.29 is 101 Å². The lowest BCUT2D eigenvalue weighted by Gasteiger charge is -2.38. The van der Waals surface area contributed by atoms with E-state index in [0.29, 0.717) is 0 Å². The van der Waals surface area contributed by atoms with Gasteiger partial charge in [0.2, 0.25) is 52.7 Å². The summed E-state index contributed by atoms with van der Waals surface area (Å²) in [5.74, 6) is -15.4. The fraction of sp³-hybridized carbons (Fsp3) is 0.606. The molecule has 1 aromatic carbocycles.